The number of amides is 1. The third kappa shape index (κ3) is 5.31. The molecule has 2 N–H and O–H groups in total. The van der Waals surface area contributed by atoms with E-state index in [1.54, 1.807) is 19.2 Å². The molecule has 0 aliphatic carbocycles. The molecule has 6 heteroatoms. The van der Waals surface area contributed by atoms with Gasteiger partial charge in [0, 0.05) is 44.4 Å². The van der Waals surface area contributed by atoms with Crippen LogP contribution in [0.4, 0.5) is 4.39 Å². The Bertz CT molecular complexity index is 814. The lowest BCUT2D eigenvalue weighted by Gasteiger charge is -2.26. The summed E-state index contributed by atoms with van der Waals surface area (Å²) < 4.78 is 13.7. The van der Waals surface area contributed by atoms with E-state index in [4.69, 9.17) is 0 Å². The Balaban J connectivity index is 1.50. The first-order chi connectivity index (χ1) is 13.7. The molecule has 1 aliphatic heterocycles. The molecule has 0 spiro atoms. The summed E-state index contributed by atoms with van der Waals surface area (Å²) in [4.78, 5) is 18.6. The average molecular weight is 382 g/mol. The van der Waals surface area contributed by atoms with Crippen LogP contribution in [-0.4, -0.2) is 36.9 Å². The molecule has 0 atom stereocenters. The minimum atomic E-state index is -0.237. The van der Waals surface area contributed by atoms with Crippen LogP contribution in [0.25, 0.3) is 0 Å². The number of nitrogens with zero attached hydrogens (tertiary/aromatic N) is 2. The molecule has 0 aromatic heterocycles. The van der Waals surface area contributed by atoms with E-state index in [0.717, 1.165) is 37.1 Å². The fraction of sp³-hybridized carbons (Fsp3) is 0.364. The van der Waals surface area contributed by atoms with Crippen LogP contribution < -0.4 is 10.6 Å². The third-order valence-corrected chi connectivity index (χ3v) is 4.93. The number of halogens is 1. The van der Waals surface area contributed by atoms with E-state index in [0.29, 0.717) is 24.6 Å². The maximum Gasteiger partial charge on any atom is 0.253 e. The molecule has 0 unspecified atom stereocenters. The molecule has 1 saturated heterocycles. The van der Waals surface area contributed by atoms with Gasteiger partial charge in [0.25, 0.3) is 5.91 Å². The molecule has 1 fully saturated rings. The molecule has 2 aromatic rings. The fourth-order valence-electron chi connectivity index (χ4n) is 3.27. The van der Waals surface area contributed by atoms with E-state index in [1.165, 1.54) is 12.5 Å². The summed E-state index contributed by atoms with van der Waals surface area (Å²) in [6.45, 7) is 2.63. The minimum Gasteiger partial charge on any atom is -0.352 e. The van der Waals surface area contributed by atoms with Crippen molar-refractivity contribution in [3.63, 3.8) is 0 Å². The first-order valence-electron chi connectivity index (χ1n) is 9.73. The number of carbonyl (C=O) groups is 1. The molecular formula is C22H27FN4O. The third-order valence-electron chi connectivity index (χ3n) is 4.93. The summed E-state index contributed by atoms with van der Waals surface area (Å²) in [6, 6.07) is 14.3. The Kier molecular flexibility index (Phi) is 7.00. The molecule has 0 bridgehead atoms. The zero-order valence-corrected chi connectivity index (χ0v) is 16.2. The number of rotatable bonds is 5. The summed E-state index contributed by atoms with van der Waals surface area (Å²) in [7, 11) is 1.68. The van der Waals surface area contributed by atoms with Crippen molar-refractivity contribution in [3.8, 4) is 0 Å². The lowest BCUT2D eigenvalue weighted by atomic mass is 10.1. The van der Waals surface area contributed by atoms with Gasteiger partial charge in [0.1, 0.15) is 5.82 Å². The number of carbonyl (C=O) groups excluding carboxylic acids is 1. The zero-order chi connectivity index (χ0) is 19.8. The number of nitrogens with one attached hydrogen (secondary N) is 2. The highest BCUT2D eigenvalue weighted by atomic mass is 19.1. The summed E-state index contributed by atoms with van der Waals surface area (Å²) in [6.07, 6.45) is 3.39. The van der Waals surface area contributed by atoms with Crippen LogP contribution in [0.5, 0.6) is 0 Å². The van der Waals surface area contributed by atoms with Gasteiger partial charge in [0.05, 0.1) is 0 Å². The van der Waals surface area contributed by atoms with Crippen LogP contribution in [-0.2, 0) is 13.1 Å². The zero-order valence-electron chi connectivity index (χ0n) is 16.2. The van der Waals surface area contributed by atoms with Gasteiger partial charge in [-0.3, -0.25) is 9.79 Å². The van der Waals surface area contributed by atoms with E-state index in [2.05, 4.69) is 15.6 Å². The van der Waals surface area contributed by atoms with Gasteiger partial charge in [-0.25, -0.2) is 4.39 Å². The van der Waals surface area contributed by atoms with E-state index >= 15 is 0 Å². The van der Waals surface area contributed by atoms with Crippen LogP contribution in [0.2, 0.25) is 0 Å². The van der Waals surface area contributed by atoms with E-state index in [-0.39, 0.29) is 11.7 Å². The van der Waals surface area contributed by atoms with Crippen molar-refractivity contribution in [2.75, 3.05) is 20.1 Å². The molecular weight excluding hydrogens is 355 g/mol. The van der Waals surface area contributed by atoms with Crippen LogP contribution in [0.15, 0.2) is 53.5 Å². The summed E-state index contributed by atoms with van der Waals surface area (Å²) >= 11 is 0. The number of guanidine groups is 1. The van der Waals surface area contributed by atoms with Gasteiger partial charge < -0.3 is 15.5 Å². The van der Waals surface area contributed by atoms with E-state index in [1.807, 2.05) is 35.2 Å². The van der Waals surface area contributed by atoms with Crippen molar-refractivity contribution in [1.82, 2.24) is 15.5 Å². The monoisotopic (exact) mass is 382 g/mol. The number of hydrogen-bond acceptors (Lipinski definition) is 2. The Hall–Kier alpha value is -2.89. The predicted molar refractivity (Wildman–Crippen MR) is 110 cm³/mol. The van der Waals surface area contributed by atoms with Gasteiger partial charge in [-0.2, -0.15) is 0 Å². The molecule has 0 saturated carbocycles. The van der Waals surface area contributed by atoms with Crippen molar-refractivity contribution >= 4 is 11.9 Å². The van der Waals surface area contributed by atoms with E-state index in [9.17, 15) is 9.18 Å². The first-order valence-corrected chi connectivity index (χ1v) is 9.73. The van der Waals surface area contributed by atoms with Gasteiger partial charge >= 0.3 is 0 Å². The maximum atomic E-state index is 13.7. The van der Waals surface area contributed by atoms with Gasteiger partial charge in [-0.05, 0) is 43.0 Å². The Morgan fingerprint density at radius 3 is 2.36 bits per heavy atom. The van der Waals surface area contributed by atoms with Crippen molar-refractivity contribution in [2.45, 2.75) is 32.4 Å². The van der Waals surface area contributed by atoms with Crippen molar-refractivity contribution < 1.29 is 9.18 Å². The van der Waals surface area contributed by atoms with E-state index < -0.39 is 0 Å². The molecule has 1 heterocycles. The Labute approximate surface area is 165 Å². The second-order valence-corrected chi connectivity index (χ2v) is 6.92. The summed E-state index contributed by atoms with van der Waals surface area (Å²) in [5.74, 6) is 0.470. The van der Waals surface area contributed by atoms with Gasteiger partial charge in [0.2, 0.25) is 0 Å². The van der Waals surface area contributed by atoms with Crippen LogP contribution in [0.1, 0.15) is 40.7 Å². The Morgan fingerprint density at radius 1 is 1.00 bits per heavy atom. The van der Waals surface area contributed by atoms with Crippen LogP contribution in [0.3, 0.4) is 0 Å². The molecule has 1 aliphatic rings. The molecule has 3 rings (SSSR count). The smallest absolute Gasteiger partial charge is 0.253 e. The highest BCUT2D eigenvalue weighted by Crippen LogP contribution is 2.14. The number of hydrogen-bond donors (Lipinski definition) is 2. The quantitative estimate of drug-likeness (QED) is 0.616. The Morgan fingerprint density at radius 2 is 1.68 bits per heavy atom. The summed E-state index contributed by atoms with van der Waals surface area (Å²) in [5.41, 5.74) is 2.36. The molecule has 28 heavy (non-hydrogen) atoms. The number of piperidine rings is 1. The SMILES string of the molecule is CN=C(NCc1ccc(C(=O)N2CCCCC2)cc1)NCc1ccccc1F. The van der Waals surface area contributed by atoms with Gasteiger partial charge in [0.15, 0.2) is 5.96 Å². The predicted octanol–water partition coefficient (Wildman–Crippen LogP) is 3.32. The number of aliphatic imine (C=N–C) groups is 1. The standard InChI is InChI=1S/C22H27FN4O/c1-24-22(26-16-19-7-3-4-8-20(19)23)25-15-17-9-11-18(12-10-17)21(28)27-13-5-2-6-14-27/h3-4,7-12H,2,5-6,13-16H2,1H3,(H2,24,25,26). The molecule has 5 nitrogen and oxygen atoms in total. The van der Waals surface area contributed by atoms with Gasteiger partial charge in [-0.15, -0.1) is 0 Å². The highest BCUT2D eigenvalue weighted by molar-refractivity contribution is 5.94. The highest BCUT2D eigenvalue weighted by Gasteiger charge is 2.17. The van der Waals surface area contributed by atoms with Crippen molar-refractivity contribution in [2.24, 2.45) is 4.99 Å². The number of likely N-dealkylation sites (tertiary alicyclic amines) is 1. The molecule has 0 radical (unpaired) electrons. The first kappa shape index (κ1) is 19.9. The topological polar surface area (TPSA) is 56.7 Å². The van der Waals surface area contributed by atoms with Crippen LogP contribution >= 0.6 is 0 Å². The summed E-state index contributed by atoms with van der Waals surface area (Å²) in [5, 5.41) is 6.32. The van der Waals surface area contributed by atoms with Crippen molar-refractivity contribution in [3.05, 3.63) is 71.0 Å². The normalized spacial score (nSPS) is 14.6. The lowest BCUT2D eigenvalue weighted by Crippen LogP contribution is -2.36. The fourth-order valence-corrected chi connectivity index (χ4v) is 3.27. The molecule has 1 amide bonds. The second-order valence-electron chi connectivity index (χ2n) is 6.92. The minimum absolute atomic E-state index is 0.113. The van der Waals surface area contributed by atoms with Gasteiger partial charge in [-0.1, -0.05) is 30.3 Å². The van der Waals surface area contributed by atoms with Crippen molar-refractivity contribution in [1.29, 1.82) is 0 Å². The van der Waals surface area contributed by atoms with Crippen LogP contribution in [0, 0.1) is 5.82 Å². The largest absolute Gasteiger partial charge is 0.352 e. The maximum absolute atomic E-state index is 13.7. The molecule has 2 aromatic carbocycles. The second kappa shape index (κ2) is 9.88. The molecule has 148 valence electrons. The average Bonchev–Trinajstić information content (AvgIpc) is 2.75. The lowest BCUT2D eigenvalue weighted by molar-refractivity contribution is 0.0724. The number of benzene rings is 2.